The van der Waals surface area contributed by atoms with Gasteiger partial charge in [0.25, 0.3) is 5.91 Å². The topological polar surface area (TPSA) is 77.1 Å². The molecule has 0 aromatic heterocycles. The largest absolute Gasteiger partial charge is 0.497 e. The van der Waals surface area contributed by atoms with Gasteiger partial charge in [-0.2, -0.15) is 0 Å². The number of carbonyl (C=O) groups excluding carboxylic acids is 2. The molecule has 1 aliphatic rings. The number of carbonyl (C=O) groups is 2. The standard InChI is InChI=1S/C25H24N2O5S/c1-30-20-10-8-19(9-11-20)27-23(28)15-33-25(27)16-4-6-18(7-5-16)26-24(29)17-12-21(31-2)14-22(13-17)32-3/h4-14,25H,15H2,1-3H3,(H,26,29)/t25-/m0/s1. The van der Waals surface area contributed by atoms with Gasteiger partial charge >= 0.3 is 0 Å². The summed E-state index contributed by atoms with van der Waals surface area (Å²) in [6.45, 7) is 0. The Balaban J connectivity index is 1.50. The van der Waals surface area contributed by atoms with Gasteiger partial charge in [0.1, 0.15) is 22.6 Å². The highest BCUT2D eigenvalue weighted by Crippen LogP contribution is 2.42. The van der Waals surface area contributed by atoms with Gasteiger partial charge in [0.2, 0.25) is 5.91 Å². The van der Waals surface area contributed by atoms with Crippen molar-refractivity contribution in [3.8, 4) is 17.2 Å². The summed E-state index contributed by atoms with van der Waals surface area (Å²) in [6.07, 6.45) is 0. The molecule has 170 valence electrons. The van der Waals surface area contributed by atoms with Crippen LogP contribution in [0.25, 0.3) is 0 Å². The summed E-state index contributed by atoms with van der Waals surface area (Å²) in [5.41, 5.74) is 2.87. The molecule has 0 unspecified atom stereocenters. The van der Waals surface area contributed by atoms with Crippen molar-refractivity contribution in [1.29, 1.82) is 0 Å². The van der Waals surface area contributed by atoms with Gasteiger partial charge in [-0.3, -0.25) is 14.5 Å². The third-order valence-electron chi connectivity index (χ3n) is 5.29. The molecular weight excluding hydrogens is 440 g/mol. The molecule has 1 atom stereocenters. The lowest BCUT2D eigenvalue weighted by Crippen LogP contribution is -2.27. The van der Waals surface area contributed by atoms with Crippen molar-refractivity contribution >= 4 is 35.0 Å². The molecule has 4 rings (SSSR count). The first kappa shape index (κ1) is 22.5. The Morgan fingerprint density at radius 1 is 0.879 bits per heavy atom. The van der Waals surface area contributed by atoms with Crippen molar-refractivity contribution in [2.75, 3.05) is 37.3 Å². The smallest absolute Gasteiger partial charge is 0.255 e. The Kier molecular flexibility index (Phi) is 6.74. The lowest BCUT2D eigenvalue weighted by Gasteiger charge is -2.24. The van der Waals surface area contributed by atoms with Gasteiger partial charge in [0.15, 0.2) is 0 Å². The number of nitrogens with one attached hydrogen (secondary N) is 1. The summed E-state index contributed by atoms with van der Waals surface area (Å²) in [4.78, 5) is 27.1. The zero-order chi connectivity index (χ0) is 23.4. The van der Waals surface area contributed by atoms with Crippen molar-refractivity contribution in [3.63, 3.8) is 0 Å². The molecule has 0 aliphatic carbocycles. The first-order valence-electron chi connectivity index (χ1n) is 10.2. The molecule has 0 saturated carbocycles. The van der Waals surface area contributed by atoms with Gasteiger partial charge in [-0.1, -0.05) is 12.1 Å². The van der Waals surface area contributed by atoms with E-state index in [4.69, 9.17) is 14.2 Å². The number of amides is 2. The van der Waals surface area contributed by atoms with Crippen LogP contribution in [0.3, 0.4) is 0 Å². The van der Waals surface area contributed by atoms with Crippen LogP contribution in [0.5, 0.6) is 17.2 Å². The number of thioether (sulfide) groups is 1. The van der Waals surface area contributed by atoms with Crippen LogP contribution >= 0.6 is 11.8 Å². The Bertz CT molecular complexity index is 1130. The van der Waals surface area contributed by atoms with E-state index in [2.05, 4.69) is 5.32 Å². The van der Waals surface area contributed by atoms with E-state index in [1.165, 1.54) is 14.2 Å². The second-order valence-electron chi connectivity index (χ2n) is 7.30. The molecule has 1 aliphatic heterocycles. The molecule has 1 N–H and O–H groups in total. The molecule has 0 bridgehead atoms. The SMILES string of the molecule is COc1ccc(N2C(=O)CS[C@H]2c2ccc(NC(=O)c3cc(OC)cc(OC)c3)cc2)cc1. The minimum Gasteiger partial charge on any atom is -0.497 e. The maximum Gasteiger partial charge on any atom is 0.255 e. The van der Waals surface area contributed by atoms with Crippen LogP contribution in [0.4, 0.5) is 11.4 Å². The fourth-order valence-electron chi connectivity index (χ4n) is 3.57. The third-order valence-corrected chi connectivity index (χ3v) is 6.50. The van der Waals surface area contributed by atoms with Gasteiger partial charge in [0, 0.05) is 23.0 Å². The second kappa shape index (κ2) is 9.87. The van der Waals surface area contributed by atoms with E-state index in [-0.39, 0.29) is 17.2 Å². The van der Waals surface area contributed by atoms with E-state index < -0.39 is 0 Å². The van der Waals surface area contributed by atoms with E-state index in [9.17, 15) is 9.59 Å². The van der Waals surface area contributed by atoms with Crippen LogP contribution in [-0.4, -0.2) is 38.9 Å². The van der Waals surface area contributed by atoms with Crippen LogP contribution < -0.4 is 24.4 Å². The predicted molar refractivity (Wildman–Crippen MR) is 130 cm³/mol. The number of ether oxygens (including phenoxy) is 3. The van der Waals surface area contributed by atoms with Crippen molar-refractivity contribution in [3.05, 3.63) is 77.9 Å². The third kappa shape index (κ3) is 4.90. The van der Waals surface area contributed by atoms with E-state index in [1.807, 2.05) is 48.5 Å². The van der Waals surface area contributed by atoms with E-state index in [1.54, 1.807) is 42.0 Å². The van der Waals surface area contributed by atoms with E-state index in [0.717, 1.165) is 17.0 Å². The molecule has 1 heterocycles. The number of anilines is 2. The average molecular weight is 465 g/mol. The van der Waals surface area contributed by atoms with Gasteiger partial charge in [-0.05, 0) is 54.1 Å². The number of nitrogens with zero attached hydrogens (tertiary/aromatic N) is 1. The highest BCUT2D eigenvalue weighted by molar-refractivity contribution is 8.00. The zero-order valence-corrected chi connectivity index (χ0v) is 19.3. The normalized spacial score (nSPS) is 15.3. The highest BCUT2D eigenvalue weighted by Gasteiger charge is 2.34. The lowest BCUT2D eigenvalue weighted by molar-refractivity contribution is -0.115. The molecule has 33 heavy (non-hydrogen) atoms. The minimum atomic E-state index is -0.273. The summed E-state index contributed by atoms with van der Waals surface area (Å²) in [5.74, 6) is 2.01. The fraction of sp³-hybridized carbons (Fsp3) is 0.200. The number of hydrogen-bond acceptors (Lipinski definition) is 6. The minimum absolute atomic E-state index is 0.0551. The van der Waals surface area contributed by atoms with Gasteiger partial charge in [0.05, 0.1) is 27.1 Å². The summed E-state index contributed by atoms with van der Waals surface area (Å²) < 4.78 is 15.7. The summed E-state index contributed by atoms with van der Waals surface area (Å²) in [7, 11) is 4.69. The number of hydrogen-bond donors (Lipinski definition) is 1. The summed E-state index contributed by atoms with van der Waals surface area (Å²) >= 11 is 1.57. The van der Waals surface area contributed by atoms with Crippen LogP contribution in [0, 0.1) is 0 Å². The van der Waals surface area contributed by atoms with Crippen LogP contribution in [0.2, 0.25) is 0 Å². The Morgan fingerprint density at radius 3 is 2.06 bits per heavy atom. The maximum absolute atomic E-state index is 12.7. The number of benzene rings is 3. The molecule has 3 aromatic rings. The molecule has 0 spiro atoms. The predicted octanol–water partition coefficient (Wildman–Crippen LogP) is 4.74. The molecule has 1 fully saturated rings. The quantitative estimate of drug-likeness (QED) is 0.544. The maximum atomic E-state index is 12.7. The van der Waals surface area contributed by atoms with Crippen molar-refractivity contribution < 1.29 is 23.8 Å². The van der Waals surface area contributed by atoms with E-state index in [0.29, 0.717) is 28.5 Å². The summed E-state index contributed by atoms with van der Waals surface area (Å²) in [5, 5.41) is 2.75. The Morgan fingerprint density at radius 2 is 1.48 bits per heavy atom. The van der Waals surface area contributed by atoms with Crippen molar-refractivity contribution in [1.82, 2.24) is 0 Å². The first-order chi connectivity index (χ1) is 16.0. The molecule has 8 heteroatoms. The molecule has 2 amide bonds. The lowest BCUT2D eigenvalue weighted by atomic mass is 10.1. The van der Waals surface area contributed by atoms with Crippen LogP contribution in [-0.2, 0) is 4.79 Å². The van der Waals surface area contributed by atoms with Crippen molar-refractivity contribution in [2.45, 2.75) is 5.37 Å². The Labute approximate surface area is 196 Å². The first-order valence-corrected chi connectivity index (χ1v) is 11.3. The summed E-state index contributed by atoms with van der Waals surface area (Å²) in [6, 6.07) is 20.0. The fourth-order valence-corrected chi connectivity index (χ4v) is 4.74. The van der Waals surface area contributed by atoms with E-state index >= 15 is 0 Å². The Hall–Kier alpha value is -3.65. The molecular formula is C25H24N2O5S. The average Bonchev–Trinajstić information content (AvgIpc) is 3.25. The molecule has 0 radical (unpaired) electrons. The highest BCUT2D eigenvalue weighted by atomic mass is 32.2. The van der Waals surface area contributed by atoms with Crippen LogP contribution in [0.15, 0.2) is 66.7 Å². The molecule has 7 nitrogen and oxygen atoms in total. The number of rotatable bonds is 7. The van der Waals surface area contributed by atoms with Gasteiger partial charge < -0.3 is 19.5 Å². The van der Waals surface area contributed by atoms with Gasteiger partial charge in [-0.15, -0.1) is 11.8 Å². The molecule has 3 aromatic carbocycles. The number of methoxy groups -OCH3 is 3. The monoisotopic (exact) mass is 464 g/mol. The van der Waals surface area contributed by atoms with Gasteiger partial charge in [-0.25, -0.2) is 0 Å². The second-order valence-corrected chi connectivity index (χ2v) is 8.37. The molecule has 1 saturated heterocycles. The van der Waals surface area contributed by atoms with Crippen LogP contribution in [0.1, 0.15) is 21.3 Å². The van der Waals surface area contributed by atoms with Crippen molar-refractivity contribution in [2.24, 2.45) is 0 Å². The zero-order valence-electron chi connectivity index (χ0n) is 18.5.